The monoisotopic (exact) mass is 320 g/mol. The highest BCUT2D eigenvalue weighted by Crippen LogP contribution is 2.24. The van der Waals surface area contributed by atoms with Crippen LogP contribution in [0.15, 0.2) is 61.4 Å². The van der Waals surface area contributed by atoms with Crippen LogP contribution in [-0.4, -0.2) is 45.5 Å². The lowest BCUT2D eigenvalue weighted by atomic mass is 10.1. The first kappa shape index (κ1) is 16.0. The third-order valence-electron chi connectivity index (χ3n) is 3.81. The summed E-state index contributed by atoms with van der Waals surface area (Å²) in [5.74, 6) is 0.763. The smallest absolute Gasteiger partial charge is 0.152 e. The molecule has 1 unspecified atom stereocenters. The standard InChI is InChI=1S/C18H20N6/c1-24(2)16(15-4-3-7-20-12-15)13-23-18-17(21-10-11-22-18)14-5-8-19-9-6-14/h3-12,16H,13H2,1-2H3,(H,22,23). The number of likely N-dealkylation sites (N-methyl/N-ethyl adjacent to an activating group) is 1. The van der Waals surface area contributed by atoms with Crippen LogP contribution in [-0.2, 0) is 0 Å². The molecular formula is C18H20N6. The second-order valence-electron chi connectivity index (χ2n) is 5.64. The Kier molecular flexibility index (Phi) is 5.08. The van der Waals surface area contributed by atoms with Crippen LogP contribution in [0.2, 0.25) is 0 Å². The Balaban J connectivity index is 1.81. The summed E-state index contributed by atoms with van der Waals surface area (Å²) < 4.78 is 0. The van der Waals surface area contributed by atoms with Crippen molar-refractivity contribution in [1.82, 2.24) is 24.8 Å². The number of aromatic nitrogens is 4. The molecule has 0 radical (unpaired) electrons. The minimum Gasteiger partial charge on any atom is -0.366 e. The Morgan fingerprint density at radius 2 is 1.75 bits per heavy atom. The van der Waals surface area contributed by atoms with Crippen molar-refractivity contribution in [1.29, 1.82) is 0 Å². The SMILES string of the molecule is CN(C)C(CNc1nccnc1-c1ccncc1)c1cccnc1. The molecule has 0 aliphatic carbocycles. The van der Waals surface area contributed by atoms with E-state index in [9.17, 15) is 0 Å². The van der Waals surface area contributed by atoms with Gasteiger partial charge in [0, 0.05) is 49.3 Å². The lowest BCUT2D eigenvalue weighted by molar-refractivity contribution is 0.311. The van der Waals surface area contributed by atoms with Crippen molar-refractivity contribution in [2.75, 3.05) is 26.0 Å². The molecule has 6 nitrogen and oxygen atoms in total. The van der Waals surface area contributed by atoms with Gasteiger partial charge in [0.1, 0.15) is 5.69 Å². The van der Waals surface area contributed by atoms with E-state index in [1.54, 1.807) is 31.0 Å². The number of hydrogen-bond acceptors (Lipinski definition) is 6. The molecule has 3 aromatic heterocycles. The van der Waals surface area contributed by atoms with Crippen molar-refractivity contribution in [3.8, 4) is 11.3 Å². The number of hydrogen-bond donors (Lipinski definition) is 1. The minimum atomic E-state index is 0.186. The van der Waals surface area contributed by atoms with Crippen molar-refractivity contribution in [2.24, 2.45) is 0 Å². The summed E-state index contributed by atoms with van der Waals surface area (Å²) in [6.45, 7) is 0.704. The van der Waals surface area contributed by atoms with Gasteiger partial charge in [-0.15, -0.1) is 0 Å². The maximum atomic E-state index is 4.47. The molecule has 24 heavy (non-hydrogen) atoms. The maximum absolute atomic E-state index is 4.47. The maximum Gasteiger partial charge on any atom is 0.152 e. The summed E-state index contributed by atoms with van der Waals surface area (Å²) in [4.78, 5) is 19.4. The lowest BCUT2D eigenvalue weighted by Gasteiger charge is -2.25. The summed E-state index contributed by atoms with van der Waals surface area (Å²) in [5.41, 5.74) is 2.97. The fraction of sp³-hybridized carbons (Fsp3) is 0.222. The van der Waals surface area contributed by atoms with Crippen LogP contribution in [0.3, 0.4) is 0 Å². The minimum absolute atomic E-state index is 0.186. The predicted molar refractivity (Wildman–Crippen MR) is 94.4 cm³/mol. The van der Waals surface area contributed by atoms with Gasteiger partial charge in [-0.25, -0.2) is 4.98 Å². The molecule has 3 rings (SSSR count). The Hall–Kier alpha value is -2.86. The van der Waals surface area contributed by atoms with E-state index in [4.69, 9.17) is 0 Å². The number of nitrogens with zero attached hydrogens (tertiary/aromatic N) is 5. The highest BCUT2D eigenvalue weighted by molar-refractivity contribution is 5.70. The van der Waals surface area contributed by atoms with E-state index in [1.165, 1.54) is 0 Å². The van der Waals surface area contributed by atoms with Gasteiger partial charge in [0.2, 0.25) is 0 Å². The van der Waals surface area contributed by atoms with Crippen LogP contribution in [0.4, 0.5) is 5.82 Å². The van der Waals surface area contributed by atoms with Gasteiger partial charge in [-0.1, -0.05) is 6.07 Å². The number of pyridine rings is 2. The van der Waals surface area contributed by atoms with Crippen LogP contribution < -0.4 is 5.32 Å². The average molecular weight is 320 g/mol. The lowest BCUT2D eigenvalue weighted by Crippen LogP contribution is -2.27. The Morgan fingerprint density at radius 1 is 0.958 bits per heavy atom. The molecule has 0 aliphatic heterocycles. The van der Waals surface area contributed by atoms with Gasteiger partial charge in [0.25, 0.3) is 0 Å². The van der Waals surface area contributed by atoms with Crippen LogP contribution in [0.5, 0.6) is 0 Å². The summed E-state index contributed by atoms with van der Waals surface area (Å²) in [5, 5.41) is 3.43. The quantitative estimate of drug-likeness (QED) is 0.753. The molecule has 0 saturated carbocycles. The van der Waals surface area contributed by atoms with Crippen molar-refractivity contribution < 1.29 is 0 Å². The second kappa shape index (κ2) is 7.61. The molecule has 1 N–H and O–H groups in total. The van der Waals surface area contributed by atoms with Gasteiger partial charge in [0.15, 0.2) is 5.82 Å². The molecule has 122 valence electrons. The van der Waals surface area contributed by atoms with E-state index in [-0.39, 0.29) is 6.04 Å². The first-order valence-corrected chi connectivity index (χ1v) is 7.77. The van der Waals surface area contributed by atoms with Gasteiger partial charge < -0.3 is 10.2 Å². The summed E-state index contributed by atoms with van der Waals surface area (Å²) in [6, 6.07) is 8.08. The molecule has 0 bridgehead atoms. The third-order valence-corrected chi connectivity index (χ3v) is 3.81. The Bertz CT molecular complexity index is 761. The molecule has 0 amide bonds. The molecule has 3 aromatic rings. The largest absolute Gasteiger partial charge is 0.366 e. The number of anilines is 1. The van der Waals surface area contributed by atoms with Gasteiger partial charge in [-0.2, -0.15) is 0 Å². The van der Waals surface area contributed by atoms with E-state index < -0.39 is 0 Å². The normalized spacial score (nSPS) is 12.1. The van der Waals surface area contributed by atoms with Gasteiger partial charge in [-0.3, -0.25) is 15.0 Å². The van der Waals surface area contributed by atoms with Crippen LogP contribution in [0.25, 0.3) is 11.3 Å². The molecule has 6 heteroatoms. The topological polar surface area (TPSA) is 66.8 Å². The first-order chi connectivity index (χ1) is 11.8. The van der Waals surface area contributed by atoms with Crippen LogP contribution in [0.1, 0.15) is 11.6 Å². The van der Waals surface area contributed by atoms with E-state index >= 15 is 0 Å². The van der Waals surface area contributed by atoms with Crippen molar-refractivity contribution in [3.63, 3.8) is 0 Å². The van der Waals surface area contributed by atoms with Crippen LogP contribution in [0, 0.1) is 0 Å². The Labute approximate surface area is 141 Å². The van der Waals surface area contributed by atoms with Crippen molar-refractivity contribution in [2.45, 2.75) is 6.04 Å². The zero-order valence-corrected chi connectivity index (χ0v) is 13.8. The van der Waals surface area contributed by atoms with E-state index in [0.717, 1.165) is 22.6 Å². The molecule has 0 spiro atoms. The molecular weight excluding hydrogens is 300 g/mol. The summed E-state index contributed by atoms with van der Waals surface area (Å²) >= 11 is 0. The number of rotatable bonds is 6. The van der Waals surface area contributed by atoms with Crippen LogP contribution >= 0.6 is 0 Å². The molecule has 0 fully saturated rings. The fourth-order valence-electron chi connectivity index (χ4n) is 2.55. The average Bonchev–Trinajstić information content (AvgIpc) is 2.64. The van der Waals surface area contributed by atoms with Crippen molar-refractivity contribution in [3.05, 3.63) is 67.0 Å². The highest BCUT2D eigenvalue weighted by atomic mass is 15.1. The zero-order chi connectivity index (χ0) is 16.8. The second-order valence-corrected chi connectivity index (χ2v) is 5.64. The Morgan fingerprint density at radius 3 is 2.46 bits per heavy atom. The number of nitrogens with one attached hydrogen (secondary N) is 1. The van der Waals surface area contributed by atoms with Gasteiger partial charge >= 0.3 is 0 Å². The first-order valence-electron chi connectivity index (χ1n) is 7.77. The highest BCUT2D eigenvalue weighted by Gasteiger charge is 2.16. The van der Waals surface area contributed by atoms with Crippen molar-refractivity contribution >= 4 is 5.82 Å². The van der Waals surface area contributed by atoms with E-state index in [1.807, 2.05) is 24.4 Å². The predicted octanol–water partition coefficient (Wildman–Crippen LogP) is 2.65. The fourth-order valence-corrected chi connectivity index (χ4v) is 2.55. The molecule has 0 aliphatic rings. The van der Waals surface area contributed by atoms with Gasteiger partial charge in [0.05, 0.1) is 6.04 Å². The zero-order valence-electron chi connectivity index (χ0n) is 13.8. The third kappa shape index (κ3) is 3.72. The van der Waals surface area contributed by atoms with E-state index in [0.29, 0.717) is 6.54 Å². The molecule has 3 heterocycles. The van der Waals surface area contributed by atoms with E-state index in [2.05, 4.69) is 50.3 Å². The molecule has 1 atom stereocenters. The summed E-state index contributed by atoms with van der Waals surface area (Å²) in [7, 11) is 4.11. The molecule has 0 aromatic carbocycles. The molecule has 0 saturated heterocycles. The van der Waals surface area contributed by atoms with Gasteiger partial charge in [-0.05, 0) is 37.9 Å². The summed E-state index contributed by atoms with van der Waals surface area (Å²) in [6.07, 6.45) is 10.6.